The van der Waals surface area contributed by atoms with E-state index < -0.39 is 13.0 Å². The first-order valence-corrected chi connectivity index (χ1v) is 5.79. The molecular formula is C10H17F2N5O2. The molecule has 0 unspecified atom stereocenters. The van der Waals surface area contributed by atoms with Gasteiger partial charge in [0.25, 0.3) is 6.43 Å². The standard InChI is InChI=1S/C10H17F2N5O2/c1-3-13-8-15-9(17-10(16-8)18-2)14-4-5-19-6-7(11)12/h7H,3-6H2,1-2H3,(H2,13,14,15,16,17). The van der Waals surface area contributed by atoms with E-state index in [1.165, 1.54) is 7.11 Å². The lowest BCUT2D eigenvalue weighted by Gasteiger charge is -2.08. The van der Waals surface area contributed by atoms with Crippen molar-refractivity contribution in [2.75, 3.05) is 44.0 Å². The van der Waals surface area contributed by atoms with Crippen LogP contribution >= 0.6 is 0 Å². The maximum absolute atomic E-state index is 11.8. The molecule has 1 aromatic rings. The van der Waals surface area contributed by atoms with Crippen LogP contribution in [0.25, 0.3) is 0 Å². The van der Waals surface area contributed by atoms with Crippen LogP contribution in [0.1, 0.15) is 6.92 Å². The molecule has 108 valence electrons. The Hall–Kier alpha value is -1.77. The Morgan fingerprint density at radius 1 is 1.16 bits per heavy atom. The largest absolute Gasteiger partial charge is 0.467 e. The Labute approximate surface area is 109 Å². The molecule has 0 aromatic carbocycles. The van der Waals surface area contributed by atoms with Crippen molar-refractivity contribution in [1.29, 1.82) is 0 Å². The summed E-state index contributed by atoms with van der Waals surface area (Å²) in [6, 6.07) is 0.168. The van der Waals surface area contributed by atoms with Gasteiger partial charge in [0.1, 0.15) is 6.61 Å². The van der Waals surface area contributed by atoms with Crippen molar-refractivity contribution in [3.05, 3.63) is 0 Å². The second kappa shape index (κ2) is 8.35. The molecule has 1 heterocycles. The van der Waals surface area contributed by atoms with E-state index >= 15 is 0 Å². The van der Waals surface area contributed by atoms with E-state index in [4.69, 9.17) is 9.47 Å². The first kappa shape index (κ1) is 15.3. The molecule has 0 aliphatic carbocycles. The van der Waals surface area contributed by atoms with E-state index in [2.05, 4.69) is 25.6 Å². The molecule has 0 atom stereocenters. The van der Waals surface area contributed by atoms with Crippen LogP contribution in [0.4, 0.5) is 20.7 Å². The minimum atomic E-state index is -2.46. The van der Waals surface area contributed by atoms with Crippen molar-refractivity contribution in [2.45, 2.75) is 13.3 Å². The second-order valence-electron chi connectivity index (χ2n) is 3.39. The number of anilines is 2. The number of hydrogen-bond acceptors (Lipinski definition) is 7. The molecule has 0 radical (unpaired) electrons. The lowest BCUT2D eigenvalue weighted by molar-refractivity contribution is 0.0214. The molecule has 0 aliphatic rings. The molecule has 19 heavy (non-hydrogen) atoms. The van der Waals surface area contributed by atoms with Gasteiger partial charge in [-0.3, -0.25) is 0 Å². The van der Waals surface area contributed by atoms with E-state index in [1.54, 1.807) is 0 Å². The summed E-state index contributed by atoms with van der Waals surface area (Å²) in [5.41, 5.74) is 0. The zero-order valence-corrected chi connectivity index (χ0v) is 10.8. The van der Waals surface area contributed by atoms with Crippen LogP contribution in [0.15, 0.2) is 0 Å². The maximum atomic E-state index is 11.8. The molecule has 0 amide bonds. The fourth-order valence-corrected chi connectivity index (χ4v) is 1.17. The summed E-state index contributed by atoms with van der Waals surface area (Å²) in [4.78, 5) is 12.0. The molecule has 0 fully saturated rings. The van der Waals surface area contributed by atoms with Crippen molar-refractivity contribution in [3.63, 3.8) is 0 Å². The van der Waals surface area contributed by atoms with Crippen molar-refractivity contribution in [2.24, 2.45) is 0 Å². The van der Waals surface area contributed by atoms with Crippen LogP contribution in [0.3, 0.4) is 0 Å². The molecular weight excluding hydrogens is 260 g/mol. The molecule has 7 nitrogen and oxygen atoms in total. The zero-order valence-electron chi connectivity index (χ0n) is 10.8. The Morgan fingerprint density at radius 3 is 2.42 bits per heavy atom. The maximum Gasteiger partial charge on any atom is 0.322 e. The fourth-order valence-electron chi connectivity index (χ4n) is 1.17. The lowest BCUT2D eigenvalue weighted by atomic mass is 10.6. The SMILES string of the molecule is CCNc1nc(NCCOCC(F)F)nc(OC)n1. The van der Waals surface area contributed by atoms with Crippen molar-refractivity contribution < 1.29 is 18.3 Å². The van der Waals surface area contributed by atoms with Gasteiger partial charge in [-0.1, -0.05) is 0 Å². The number of nitrogens with one attached hydrogen (secondary N) is 2. The zero-order chi connectivity index (χ0) is 14.1. The number of methoxy groups -OCH3 is 1. The van der Waals surface area contributed by atoms with Gasteiger partial charge in [0.2, 0.25) is 11.9 Å². The third-order valence-corrected chi connectivity index (χ3v) is 1.91. The molecule has 9 heteroatoms. The molecule has 0 saturated heterocycles. The highest BCUT2D eigenvalue weighted by atomic mass is 19.3. The number of ether oxygens (including phenoxy) is 2. The fraction of sp³-hybridized carbons (Fsp3) is 0.700. The van der Waals surface area contributed by atoms with Crippen LogP contribution in [0.2, 0.25) is 0 Å². The third-order valence-electron chi connectivity index (χ3n) is 1.91. The Balaban J connectivity index is 2.45. The third kappa shape index (κ3) is 6.09. The highest BCUT2D eigenvalue weighted by Gasteiger charge is 2.06. The Bertz CT molecular complexity index is 381. The summed E-state index contributed by atoms with van der Waals surface area (Å²) in [5, 5.41) is 5.77. The van der Waals surface area contributed by atoms with Crippen LogP contribution < -0.4 is 15.4 Å². The van der Waals surface area contributed by atoms with Crippen LogP contribution in [0, 0.1) is 0 Å². The summed E-state index contributed by atoms with van der Waals surface area (Å²) in [7, 11) is 1.45. The van der Waals surface area contributed by atoms with Crippen LogP contribution in [0.5, 0.6) is 6.01 Å². The van der Waals surface area contributed by atoms with Gasteiger partial charge in [0.15, 0.2) is 0 Å². The predicted octanol–water partition coefficient (Wildman–Crippen LogP) is 1.01. The Kier molecular flexibility index (Phi) is 6.72. The average Bonchev–Trinajstić information content (AvgIpc) is 2.38. The number of aromatic nitrogens is 3. The molecule has 0 saturated carbocycles. The minimum absolute atomic E-state index is 0.134. The molecule has 1 aromatic heterocycles. The van der Waals surface area contributed by atoms with Gasteiger partial charge in [-0.25, -0.2) is 8.78 Å². The lowest BCUT2D eigenvalue weighted by Crippen LogP contribution is -2.15. The predicted molar refractivity (Wildman–Crippen MR) is 65.9 cm³/mol. The van der Waals surface area contributed by atoms with E-state index in [-0.39, 0.29) is 12.6 Å². The highest BCUT2D eigenvalue weighted by molar-refractivity contribution is 5.35. The summed E-state index contributed by atoms with van der Waals surface area (Å²) < 4.78 is 33.3. The van der Waals surface area contributed by atoms with Gasteiger partial charge in [-0.2, -0.15) is 15.0 Å². The average molecular weight is 277 g/mol. The van der Waals surface area contributed by atoms with Gasteiger partial charge in [-0.05, 0) is 6.92 Å². The highest BCUT2D eigenvalue weighted by Crippen LogP contribution is 2.10. The number of hydrogen-bond donors (Lipinski definition) is 2. The van der Waals surface area contributed by atoms with Crippen molar-refractivity contribution in [3.8, 4) is 6.01 Å². The monoisotopic (exact) mass is 277 g/mol. The summed E-state index contributed by atoms with van der Waals surface area (Å²) >= 11 is 0. The number of rotatable bonds is 9. The molecule has 0 aliphatic heterocycles. The number of alkyl halides is 2. The van der Waals surface area contributed by atoms with Crippen molar-refractivity contribution in [1.82, 2.24) is 15.0 Å². The van der Waals surface area contributed by atoms with E-state index in [0.29, 0.717) is 25.0 Å². The molecule has 1 rings (SSSR count). The van der Waals surface area contributed by atoms with E-state index in [1.807, 2.05) is 6.92 Å². The van der Waals surface area contributed by atoms with Crippen LogP contribution in [-0.4, -0.2) is 54.8 Å². The summed E-state index contributed by atoms with van der Waals surface area (Å²) in [6.45, 7) is 2.43. The quantitative estimate of drug-likeness (QED) is 0.652. The van der Waals surface area contributed by atoms with Gasteiger partial charge >= 0.3 is 6.01 Å². The number of nitrogens with zero attached hydrogens (tertiary/aromatic N) is 3. The minimum Gasteiger partial charge on any atom is -0.467 e. The smallest absolute Gasteiger partial charge is 0.322 e. The van der Waals surface area contributed by atoms with Gasteiger partial charge in [-0.15, -0.1) is 0 Å². The van der Waals surface area contributed by atoms with Crippen molar-refractivity contribution >= 4 is 11.9 Å². The number of halogens is 2. The first-order valence-electron chi connectivity index (χ1n) is 5.79. The van der Waals surface area contributed by atoms with E-state index in [9.17, 15) is 8.78 Å². The summed E-state index contributed by atoms with van der Waals surface area (Å²) in [6.07, 6.45) is -2.46. The Morgan fingerprint density at radius 2 is 1.84 bits per heavy atom. The first-order chi connectivity index (χ1) is 9.15. The molecule has 2 N–H and O–H groups in total. The van der Waals surface area contributed by atoms with Gasteiger partial charge < -0.3 is 20.1 Å². The normalized spacial score (nSPS) is 10.6. The summed E-state index contributed by atoms with van der Waals surface area (Å²) in [5.74, 6) is 0.675. The van der Waals surface area contributed by atoms with Gasteiger partial charge in [0.05, 0.1) is 13.7 Å². The molecule has 0 bridgehead atoms. The van der Waals surface area contributed by atoms with Gasteiger partial charge in [0, 0.05) is 13.1 Å². The topological polar surface area (TPSA) is 81.2 Å². The molecule has 0 spiro atoms. The van der Waals surface area contributed by atoms with Crippen LogP contribution in [-0.2, 0) is 4.74 Å². The second-order valence-corrected chi connectivity index (χ2v) is 3.39. The van der Waals surface area contributed by atoms with E-state index in [0.717, 1.165) is 0 Å².